The highest BCUT2D eigenvalue weighted by molar-refractivity contribution is 9.10. The van der Waals surface area contributed by atoms with Gasteiger partial charge in [0, 0.05) is 21.5 Å². The lowest BCUT2D eigenvalue weighted by Crippen LogP contribution is -2.09. The van der Waals surface area contributed by atoms with Crippen molar-refractivity contribution in [2.45, 2.75) is 0 Å². The predicted molar refractivity (Wildman–Crippen MR) is 193 cm³/mol. The topological polar surface area (TPSA) is 3.24 Å². The standard InChI is InChI=1S/C42H26BrN/c43-40-24-17-28-14-21-38-37(19-13-27-15-22-39(40)42(28)41(27)38)30-16-20-35-29(25-30)11-12-31-26-34(18-23-36(31)35)44(32-7-3-1-4-8-32)33-9-5-2-6-10-33/h1-26H. The highest BCUT2D eigenvalue weighted by Crippen LogP contribution is 2.42. The minimum Gasteiger partial charge on any atom is -0.310 e. The van der Waals surface area contributed by atoms with E-state index in [1.807, 2.05) is 0 Å². The molecule has 9 rings (SSSR count). The van der Waals surface area contributed by atoms with Gasteiger partial charge in [-0.05, 0) is 114 Å². The summed E-state index contributed by atoms with van der Waals surface area (Å²) in [6.07, 6.45) is 0. The van der Waals surface area contributed by atoms with Gasteiger partial charge in [-0.1, -0.05) is 125 Å². The molecule has 0 fully saturated rings. The van der Waals surface area contributed by atoms with E-state index in [0.717, 1.165) is 21.5 Å². The van der Waals surface area contributed by atoms with Gasteiger partial charge in [-0.3, -0.25) is 0 Å². The molecule has 0 saturated carbocycles. The van der Waals surface area contributed by atoms with E-state index >= 15 is 0 Å². The molecule has 0 heterocycles. The first-order chi connectivity index (χ1) is 21.7. The zero-order chi connectivity index (χ0) is 29.2. The number of rotatable bonds is 4. The van der Waals surface area contributed by atoms with Crippen LogP contribution in [0, 0.1) is 0 Å². The first kappa shape index (κ1) is 25.3. The zero-order valence-corrected chi connectivity index (χ0v) is 25.4. The summed E-state index contributed by atoms with van der Waals surface area (Å²) in [5.41, 5.74) is 5.94. The Kier molecular flexibility index (Phi) is 5.72. The zero-order valence-electron chi connectivity index (χ0n) is 23.8. The maximum absolute atomic E-state index is 3.78. The van der Waals surface area contributed by atoms with Crippen LogP contribution in [0.2, 0.25) is 0 Å². The van der Waals surface area contributed by atoms with Crippen LogP contribution in [0.25, 0.3) is 65.0 Å². The van der Waals surface area contributed by atoms with Crippen molar-refractivity contribution < 1.29 is 0 Å². The van der Waals surface area contributed by atoms with Crippen molar-refractivity contribution >= 4 is 86.9 Å². The molecule has 2 heteroatoms. The van der Waals surface area contributed by atoms with Crippen molar-refractivity contribution in [3.05, 3.63) is 162 Å². The molecule has 0 amide bonds. The van der Waals surface area contributed by atoms with Crippen molar-refractivity contribution in [2.75, 3.05) is 4.90 Å². The molecular weight excluding hydrogens is 598 g/mol. The molecule has 0 aliphatic rings. The molecule has 0 aliphatic carbocycles. The number of anilines is 3. The van der Waals surface area contributed by atoms with Gasteiger partial charge in [0.25, 0.3) is 0 Å². The van der Waals surface area contributed by atoms with Crippen LogP contribution in [0.4, 0.5) is 17.1 Å². The third-order valence-corrected chi connectivity index (χ3v) is 9.72. The Morgan fingerprint density at radius 1 is 0.364 bits per heavy atom. The molecule has 0 aliphatic heterocycles. The molecular formula is C42H26BrN. The molecule has 1 nitrogen and oxygen atoms in total. The van der Waals surface area contributed by atoms with Crippen molar-refractivity contribution in [1.82, 2.24) is 0 Å². The van der Waals surface area contributed by atoms with Crippen LogP contribution >= 0.6 is 15.9 Å². The van der Waals surface area contributed by atoms with E-state index in [-0.39, 0.29) is 0 Å². The molecule has 9 aromatic carbocycles. The highest BCUT2D eigenvalue weighted by Gasteiger charge is 2.15. The molecule has 0 spiro atoms. The van der Waals surface area contributed by atoms with E-state index in [4.69, 9.17) is 0 Å². The van der Waals surface area contributed by atoms with Crippen molar-refractivity contribution in [2.24, 2.45) is 0 Å². The number of benzene rings is 9. The summed E-state index contributed by atoms with van der Waals surface area (Å²) >= 11 is 3.78. The molecule has 206 valence electrons. The van der Waals surface area contributed by atoms with Crippen LogP contribution in [0.1, 0.15) is 0 Å². The molecule has 44 heavy (non-hydrogen) atoms. The molecule has 0 radical (unpaired) electrons. The number of hydrogen-bond acceptors (Lipinski definition) is 1. The summed E-state index contributed by atoms with van der Waals surface area (Å²) in [5, 5.41) is 12.8. The lowest BCUT2D eigenvalue weighted by atomic mass is 9.89. The van der Waals surface area contributed by atoms with Crippen LogP contribution < -0.4 is 4.90 Å². The Balaban J connectivity index is 1.18. The largest absolute Gasteiger partial charge is 0.310 e. The van der Waals surface area contributed by atoms with Gasteiger partial charge in [-0.15, -0.1) is 0 Å². The SMILES string of the molecule is Brc1ccc2ccc3c(-c4ccc5c(ccc6cc(N(c7ccccc7)c7ccccc7)ccc65)c4)ccc4ccc1c2c43. The second kappa shape index (κ2) is 9.94. The maximum Gasteiger partial charge on any atom is 0.0468 e. The van der Waals surface area contributed by atoms with Gasteiger partial charge in [-0.2, -0.15) is 0 Å². The number of nitrogens with zero attached hydrogens (tertiary/aromatic N) is 1. The Morgan fingerprint density at radius 3 is 1.59 bits per heavy atom. The summed E-state index contributed by atoms with van der Waals surface area (Å²) < 4.78 is 1.14. The molecule has 9 aromatic rings. The number of fused-ring (bicyclic) bond motifs is 3. The van der Waals surface area contributed by atoms with Crippen LogP contribution in [0.15, 0.2) is 162 Å². The molecule has 0 unspecified atom stereocenters. The van der Waals surface area contributed by atoms with E-state index in [1.165, 1.54) is 65.0 Å². The minimum absolute atomic E-state index is 1.14. The Labute approximate surface area is 264 Å². The second-order valence-electron chi connectivity index (χ2n) is 11.5. The highest BCUT2D eigenvalue weighted by atomic mass is 79.9. The van der Waals surface area contributed by atoms with Gasteiger partial charge >= 0.3 is 0 Å². The Bertz CT molecular complexity index is 2460. The summed E-state index contributed by atoms with van der Waals surface area (Å²) in [5.74, 6) is 0. The Morgan fingerprint density at radius 2 is 0.886 bits per heavy atom. The van der Waals surface area contributed by atoms with Gasteiger partial charge in [-0.25, -0.2) is 0 Å². The fourth-order valence-corrected chi connectivity index (χ4v) is 7.45. The molecule has 0 atom stereocenters. The Hall–Kier alpha value is -5.18. The third kappa shape index (κ3) is 3.92. The molecule has 0 saturated heterocycles. The molecule has 0 aromatic heterocycles. The van der Waals surface area contributed by atoms with Gasteiger partial charge in [0.2, 0.25) is 0 Å². The lowest BCUT2D eigenvalue weighted by Gasteiger charge is -2.25. The van der Waals surface area contributed by atoms with E-state index in [9.17, 15) is 0 Å². The maximum atomic E-state index is 3.78. The van der Waals surface area contributed by atoms with Crippen LogP contribution in [-0.4, -0.2) is 0 Å². The first-order valence-electron chi connectivity index (χ1n) is 15.0. The first-order valence-corrected chi connectivity index (χ1v) is 15.8. The van der Waals surface area contributed by atoms with Crippen molar-refractivity contribution in [3.8, 4) is 11.1 Å². The number of para-hydroxylation sites is 2. The summed E-state index contributed by atoms with van der Waals surface area (Å²) in [6, 6.07) is 57.4. The van der Waals surface area contributed by atoms with E-state index in [2.05, 4.69) is 179 Å². The fraction of sp³-hybridized carbons (Fsp3) is 0. The lowest BCUT2D eigenvalue weighted by molar-refractivity contribution is 1.29. The number of halogens is 1. The second-order valence-corrected chi connectivity index (χ2v) is 12.4. The summed E-state index contributed by atoms with van der Waals surface area (Å²) in [4.78, 5) is 2.32. The summed E-state index contributed by atoms with van der Waals surface area (Å²) in [7, 11) is 0. The average molecular weight is 625 g/mol. The van der Waals surface area contributed by atoms with Gasteiger partial charge in [0.15, 0.2) is 0 Å². The molecule has 0 N–H and O–H groups in total. The minimum atomic E-state index is 1.14. The van der Waals surface area contributed by atoms with E-state index in [0.29, 0.717) is 0 Å². The quantitative estimate of drug-likeness (QED) is 0.176. The van der Waals surface area contributed by atoms with Crippen LogP contribution in [0.5, 0.6) is 0 Å². The van der Waals surface area contributed by atoms with Gasteiger partial charge < -0.3 is 4.90 Å². The average Bonchev–Trinajstić information content (AvgIpc) is 3.08. The van der Waals surface area contributed by atoms with Gasteiger partial charge in [0.1, 0.15) is 0 Å². The smallest absolute Gasteiger partial charge is 0.0468 e. The molecule has 0 bridgehead atoms. The fourth-order valence-electron chi connectivity index (χ4n) is 6.98. The van der Waals surface area contributed by atoms with E-state index < -0.39 is 0 Å². The van der Waals surface area contributed by atoms with Crippen LogP contribution in [0.3, 0.4) is 0 Å². The monoisotopic (exact) mass is 623 g/mol. The summed E-state index contributed by atoms with van der Waals surface area (Å²) in [6.45, 7) is 0. The normalized spacial score (nSPS) is 11.8. The van der Waals surface area contributed by atoms with Crippen LogP contribution in [-0.2, 0) is 0 Å². The van der Waals surface area contributed by atoms with Crippen molar-refractivity contribution in [1.29, 1.82) is 0 Å². The van der Waals surface area contributed by atoms with Gasteiger partial charge in [0.05, 0.1) is 0 Å². The predicted octanol–water partition coefficient (Wildman–Crippen LogP) is 12.8. The van der Waals surface area contributed by atoms with E-state index in [1.54, 1.807) is 0 Å². The van der Waals surface area contributed by atoms with Crippen molar-refractivity contribution in [3.63, 3.8) is 0 Å². The number of hydrogen-bond donors (Lipinski definition) is 0. The third-order valence-electron chi connectivity index (χ3n) is 9.03.